The summed E-state index contributed by atoms with van der Waals surface area (Å²) in [6.45, 7) is -0.892. The highest BCUT2D eigenvalue weighted by Crippen LogP contribution is 2.54. The van der Waals surface area contributed by atoms with Gasteiger partial charge in [-0.2, -0.15) is 0 Å². The lowest BCUT2D eigenvalue weighted by Gasteiger charge is -2.37. The van der Waals surface area contributed by atoms with Crippen LogP contribution in [0.2, 0.25) is 0 Å². The molecule has 1 unspecified atom stereocenters. The number of phosphoric acid groups is 1. The number of methoxy groups -OCH3 is 2. The van der Waals surface area contributed by atoms with Gasteiger partial charge in [-0.15, -0.1) is 0 Å². The fraction of sp³-hybridized carbons (Fsp3) is 0.444. The van der Waals surface area contributed by atoms with Crippen LogP contribution in [0.4, 0.5) is 10.6 Å². The average molecular weight is 1130 g/mol. The lowest BCUT2D eigenvalue weighted by atomic mass is 9.80. The van der Waals surface area contributed by atoms with E-state index in [1.54, 1.807) is 18.8 Å². The van der Waals surface area contributed by atoms with Crippen LogP contribution in [0.25, 0.3) is 11.2 Å². The number of aliphatic carboxylic acids is 1. The summed E-state index contributed by atoms with van der Waals surface area (Å²) in [7, 11) is -1.49. The third kappa shape index (κ3) is 12.5. The van der Waals surface area contributed by atoms with Crippen molar-refractivity contribution in [2.75, 3.05) is 39.4 Å². The molecule has 26 heteroatoms. The molecular weight excluding hydrogens is 1060 g/mol. The van der Waals surface area contributed by atoms with E-state index >= 15 is 4.57 Å². The first kappa shape index (κ1) is 55.9. The van der Waals surface area contributed by atoms with E-state index in [1.807, 2.05) is 78.9 Å². The maximum Gasteiger partial charge on any atom is 0.475 e. The Labute approximate surface area is 457 Å². The third-order valence-electron chi connectivity index (χ3n) is 14.6. The van der Waals surface area contributed by atoms with Gasteiger partial charge in [0, 0.05) is 30.6 Å². The molecule has 4 bridgehead atoms. The van der Waals surface area contributed by atoms with Crippen LogP contribution in [0.5, 0.6) is 11.5 Å². The van der Waals surface area contributed by atoms with Crippen molar-refractivity contribution in [1.82, 2.24) is 34.4 Å². The number of urea groups is 1. The van der Waals surface area contributed by atoms with Crippen LogP contribution < -0.4 is 31.4 Å². The van der Waals surface area contributed by atoms with Crippen molar-refractivity contribution in [2.45, 2.75) is 119 Å². The summed E-state index contributed by atoms with van der Waals surface area (Å²) in [5.41, 5.74) is 0.290. The lowest BCUT2D eigenvalue weighted by molar-refractivity contribution is -0.153. The molecule has 5 N–H and O–H groups in total. The summed E-state index contributed by atoms with van der Waals surface area (Å²) in [5, 5.41) is 25.8. The zero-order chi connectivity index (χ0) is 56.0. The minimum absolute atomic E-state index is 0.0147. The molecule has 3 aromatic heterocycles. The van der Waals surface area contributed by atoms with Crippen molar-refractivity contribution < 1.29 is 71.2 Å². The molecule has 1 aliphatic carbocycles. The van der Waals surface area contributed by atoms with Crippen molar-refractivity contribution in [3.8, 4) is 11.5 Å². The van der Waals surface area contributed by atoms with E-state index in [4.69, 9.17) is 47.1 Å². The Morgan fingerprint density at radius 3 is 2.21 bits per heavy atom. The van der Waals surface area contributed by atoms with E-state index < -0.39 is 86.1 Å². The number of aryl methyl sites for hydroxylation is 1. The number of benzene rings is 3. The first-order valence-electron chi connectivity index (χ1n) is 26.3. The fourth-order valence-corrected chi connectivity index (χ4v) is 11.9. The molecule has 0 radical (unpaired) electrons. The molecule has 2 amide bonds. The van der Waals surface area contributed by atoms with E-state index in [0.717, 1.165) is 16.7 Å². The molecule has 424 valence electrons. The molecule has 4 aliphatic rings. The molecule has 6 heterocycles. The fourth-order valence-electron chi connectivity index (χ4n) is 10.5. The van der Waals surface area contributed by atoms with Gasteiger partial charge in [0.2, 0.25) is 0 Å². The highest BCUT2D eigenvalue weighted by Gasteiger charge is 2.47. The summed E-state index contributed by atoms with van der Waals surface area (Å²) in [6, 6.07) is 23.7. The molecule has 3 aromatic carbocycles. The molecule has 6 aromatic rings. The summed E-state index contributed by atoms with van der Waals surface area (Å²) in [6.07, 6.45) is -0.870. The van der Waals surface area contributed by atoms with Gasteiger partial charge in [0.1, 0.15) is 60.3 Å². The summed E-state index contributed by atoms with van der Waals surface area (Å²) < 4.78 is 73.4. The van der Waals surface area contributed by atoms with Gasteiger partial charge in [0.15, 0.2) is 17.0 Å². The predicted octanol–water partition coefficient (Wildman–Crippen LogP) is 5.65. The Morgan fingerprint density at radius 1 is 0.838 bits per heavy atom. The number of H-pyrrole nitrogens is 1. The SMILES string of the molecule is COc1ccc(C(OC[C@H]2O[C@@H](n3cnc4c(NC(=O)NC5CCC(OC(=O)CCC(=O)O)CC5)ncnc43)C[C@@H]2OP2(=O)OCCCc3cn(c(=O)[nH]c3=O)[C@H]3C[C@H](O)[C@@H](CO2)O3)(c2ccccc2)c2ccc(OC)cc2)cc1. The van der Waals surface area contributed by atoms with E-state index in [2.05, 4.69) is 30.6 Å². The normalized spacial score (nSPS) is 25.1. The van der Waals surface area contributed by atoms with Gasteiger partial charge in [-0.25, -0.2) is 29.1 Å². The summed E-state index contributed by atoms with van der Waals surface area (Å²) >= 11 is 0. The number of aromatic nitrogens is 6. The Bertz CT molecular complexity index is 3270. The second-order valence-electron chi connectivity index (χ2n) is 19.8. The van der Waals surface area contributed by atoms with Gasteiger partial charge in [-0.05, 0) is 79.5 Å². The number of aliphatic hydroxyl groups excluding tert-OH is 1. The number of anilines is 1. The van der Waals surface area contributed by atoms with Crippen molar-refractivity contribution in [3.63, 3.8) is 0 Å². The molecule has 0 spiro atoms. The number of aromatic amines is 1. The van der Waals surface area contributed by atoms with E-state index in [-0.39, 0.29) is 86.4 Å². The number of hydrogen-bond acceptors (Lipinski definition) is 19. The predicted molar refractivity (Wildman–Crippen MR) is 282 cm³/mol. The average Bonchev–Trinajstić information content (AvgIpc) is 4.13. The number of imidazole rings is 1. The quantitative estimate of drug-likeness (QED) is 0.0418. The minimum Gasteiger partial charge on any atom is -0.497 e. The highest BCUT2D eigenvalue weighted by atomic mass is 31.2. The number of carbonyl (C=O) groups is 3. The Hall–Kier alpha value is -7.35. The van der Waals surface area contributed by atoms with Crippen LogP contribution in [0.3, 0.4) is 0 Å². The summed E-state index contributed by atoms with van der Waals surface area (Å²) in [5.74, 6) is -0.336. The van der Waals surface area contributed by atoms with Gasteiger partial charge >= 0.3 is 31.5 Å². The van der Waals surface area contributed by atoms with Gasteiger partial charge < -0.3 is 44.0 Å². The largest absolute Gasteiger partial charge is 0.497 e. The number of amides is 2. The Kier molecular flexibility index (Phi) is 17.2. The Balaban J connectivity index is 0.937. The first-order valence-corrected chi connectivity index (χ1v) is 27.7. The zero-order valence-corrected chi connectivity index (χ0v) is 44.6. The lowest BCUT2D eigenvalue weighted by Crippen LogP contribution is -2.41. The van der Waals surface area contributed by atoms with Gasteiger partial charge in [0.25, 0.3) is 5.56 Å². The van der Waals surface area contributed by atoms with Crippen LogP contribution >= 0.6 is 7.82 Å². The number of nitrogens with one attached hydrogen (secondary N) is 3. The van der Waals surface area contributed by atoms with Crippen molar-refractivity contribution in [2.24, 2.45) is 0 Å². The Morgan fingerprint density at radius 2 is 1.52 bits per heavy atom. The highest BCUT2D eigenvalue weighted by molar-refractivity contribution is 7.48. The van der Waals surface area contributed by atoms with Crippen LogP contribution in [-0.4, -0.2) is 128 Å². The molecule has 25 nitrogen and oxygen atoms in total. The molecule has 7 atom stereocenters. The smallest absolute Gasteiger partial charge is 0.475 e. The molecule has 10 rings (SSSR count). The molecule has 1 saturated carbocycles. The van der Waals surface area contributed by atoms with Crippen LogP contribution in [0.15, 0.2) is 107 Å². The van der Waals surface area contributed by atoms with Crippen molar-refractivity contribution in [1.29, 1.82) is 0 Å². The van der Waals surface area contributed by atoms with Gasteiger partial charge in [-0.3, -0.25) is 47.4 Å². The molecule has 3 fully saturated rings. The number of fused-ring (bicyclic) bond motifs is 6. The van der Waals surface area contributed by atoms with Crippen LogP contribution in [0, 0.1) is 0 Å². The van der Waals surface area contributed by atoms with Crippen molar-refractivity contribution >= 4 is 42.8 Å². The molecular formula is C54H61N8O17P. The minimum atomic E-state index is -4.64. The second-order valence-corrected chi connectivity index (χ2v) is 21.4. The standard InChI is InChI=1S/C54H61N8O17P/c1-71-37-16-10-34(11-17-37)54(33-8-4-3-5-9-33,35-12-18-38(72-2)19-13-35)73-28-43-41(79-80(70)74-24-6-7-32-27-61(53(69)60-51(32)67)44-25-40(63)42(77-44)29-75-80)26-45(78-43)62-31-57-48-49(55-30-56-50(48)62)59-52(68)58-36-14-20-39(21-15-36)76-47(66)23-22-46(64)65/h3-5,8-13,16-19,27,30-31,36,39-45,63H,6-7,14-15,20-26,28-29H2,1-2H3,(H,64,65)(H,60,67,69)(H2,55,56,58,59,68)/t36?,39?,40-,41-,42+,43+,44+,45+,80?/m0/s1. The topological polar surface area (TPSA) is 314 Å². The van der Waals surface area contributed by atoms with Gasteiger partial charge in [0.05, 0.1) is 59.3 Å². The van der Waals surface area contributed by atoms with E-state index in [9.17, 15) is 29.1 Å². The maximum absolute atomic E-state index is 15.2. The first-order chi connectivity index (χ1) is 38.7. The van der Waals surface area contributed by atoms with Crippen molar-refractivity contribution in [3.05, 3.63) is 141 Å². The van der Waals surface area contributed by atoms with E-state index in [0.29, 0.717) is 37.2 Å². The number of carboxylic acids is 1. The zero-order valence-electron chi connectivity index (χ0n) is 43.8. The number of phosphoric ester groups is 1. The monoisotopic (exact) mass is 1120 g/mol. The van der Waals surface area contributed by atoms with Crippen LogP contribution in [0.1, 0.15) is 92.5 Å². The number of ether oxygens (including phenoxy) is 6. The molecule has 3 aliphatic heterocycles. The third-order valence-corrected chi connectivity index (χ3v) is 16.1. The number of carbonyl (C=O) groups excluding carboxylic acids is 2. The number of carboxylic acid groups (broad SMARTS) is 1. The summed E-state index contributed by atoms with van der Waals surface area (Å²) in [4.78, 5) is 78.0. The number of aliphatic hydroxyl groups is 1. The number of hydrogen-bond donors (Lipinski definition) is 5. The second kappa shape index (κ2) is 24.6. The number of nitrogens with zero attached hydrogens (tertiary/aromatic N) is 5. The molecule has 2 saturated heterocycles. The van der Waals surface area contributed by atoms with Crippen LogP contribution in [-0.2, 0) is 58.7 Å². The van der Waals surface area contributed by atoms with Gasteiger partial charge in [-0.1, -0.05) is 54.6 Å². The molecule has 80 heavy (non-hydrogen) atoms. The number of rotatable bonds is 17. The van der Waals surface area contributed by atoms with E-state index in [1.165, 1.54) is 23.4 Å². The maximum atomic E-state index is 15.2. The number of esters is 1.